The summed E-state index contributed by atoms with van der Waals surface area (Å²) < 4.78 is 4.87. The van der Waals surface area contributed by atoms with Gasteiger partial charge in [-0.05, 0) is 19.8 Å². The molecule has 0 aromatic rings. The number of amides is 2. The van der Waals surface area contributed by atoms with Crippen LogP contribution in [0.4, 0.5) is 4.79 Å². The highest BCUT2D eigenvalue weighted by Crippen LogP contribution is 2.10. The van der Waals surface area contributed by atoms with E-state index in [0.29, 0.717) is 19.7 Å². The van der Waals surface area contributed by atoms with Gasteiger partial charge in [0.25, 0.3) is 0 Å². The molecule has 14 heavy (non-hydrogen) atoms. The highest BCUT2D eigenvalue weighted by molar-refractivity contribution is 5.67. The van der Waals surface area contributed by atoms with Gasteiger partial charge in [-0.25, -0.2) is 4.79 Å². The number of ether oxygens (including phenoxy) is 1. The van der Waals surface area contributed by atoms with Crippen molar-refractivity contribution in [2.75, 3.05) is 19.7 Å². The second-order valence-electron chi connectivity index (χ2n) is 3.21. The van der Waals surface area contributed by atoms with Gasteiger partial charge in [0.2, 0.25) is 0 Å². The second-order valence-corrected chi connectivity index (χ2v) is 3.21. The quantitative estimate of drug-likeness (QED) is 0.663. The molecule has 5 nitrogen and oxygen atoms in total. The molecule has 0 atom stereocenters. The van der Waals surface area contributed by atoms with E-state index in [9.17, 15) is 9.59 Å². The third-order valence-electron chi connectivity index (χ3n) is 2.28. The van der Waals surface area contributed by atoms with Gasteiger partial charge >= 0.3 is 12.5 Å². The third-order valence-corrected chi connectivity index (χ3v) is 2.28. The van der Waals surface area contributed by atoms with Gasteiger partial charge < -0.3 is 15.0 Å². The topological polar surface area (TPSA) is 58.6 Å². The zero-order valence-corrected chi connectivity index (χ0v) is 8.28. The predicted molar refractivity (Wildman–Crippen MR) is 50.4 cm³/mol. The Balaban J connectivity index is 2.27. The van der Waals surface area contributed by atoms with Crippen LogP contribution >= 0.6 is 0 Å². The molecule has 0 aromatic heterocycles. The smallest absolute Gasteiger partial charge is 0.409 e. The number of likely N-dealkylation sites (tertiary alicyclic amines) is 1. The Bertz CT molecular complexity index is 200. The van der Waals surface area contributed by atoms with E-state index in [1.54, 1.807) is 18.2 Å². The minimum Gasteiger partial charge on any atom is -0.450 e. The summed E-state index contributed by atoms with van der Waals surface area (Å²) in [6.07, 6.45) is 2.95. The molecule has 1 aliphatic heterocycles. The minimum atomic E-state index is -0.263. The molecule has 1 radical (unpaired) electrons. The summed E-state index contributed by atoms with van der Waals surface area (Å²) in [6.45, 7) is 3.46. The molecule has 0 aliphatic carbocycles. The summed E-state index contributed by atoms with van der Waals surface area (Å²) in [6, 6.07) is 0.151. The lowest BCUT2D eigenvalue weighted by molar-refractivity contribution is 0.0963. The summed E-state index contributed by atoms with van der Waals surface area (Å²) in [4.78, 5) is 23.0. The van der Waals surface area contributed by atoms with E-state index in [2.05, 4.69) is 5.32 Å². The lowest BCUT2D eigenvalue weighted by atomic mass is 10.1. The van der Waals surface area contributed by atoms with Gasteiger partial charge in [-0.15, -0.1) is 0 Å². The predicted octanol–water partition coefficient (Wildman–Crippen LogP) is 0.264. The lowest BCUT2D eigenvalue weighted by Gasteiger charge is -2.30. The van der Waals surface area contributed by atoms with Crippen molar-refractivity contribution in [1.82, 2.24) is 10.2 Å². The molecule has 2 amide bonds. The molecule has 79 valence electrons. The van der Waals surface area contributed by atoms with Crippen LogP contribution in [0.25, 0.3) is 0 Å². The lowest BCUT2D eigenvalue weighted by Crippen LogP contribution is -2.44. The number of piperidine rings is 1. The van der Waals surface area contributed by atoms with Crippen molar-refractivity contribution in [3.05, 3.63) is 0 Å². The molecule has 1 rings (SSSR count). The van der Waals surface area contributed by atoms with E-state index in [1.165, 1.54) is 0 Å². The number of nitrogens with zero attached hydrogens (tertiary/aromatic N) is 1. The average Bonchev–Trinajstić information content (AvgIpc) is 2.20. The van der Waals surface area contributed by atoms with E-state index in [0.717, 1.165) is 12.8 Å². The average molecular weight is 199 g/mol. The zero-order valence-electron chi connectivity index (χ0n) is 8.28. The fraction of sp³-hybridized carbons (Fsp3) is 0.778. The Morgan fingerprint density at radius 1 is 1.57 bits per heavy atom. The maximum atomic E-state index is 11.3. The van der Waals surface area contributed by atoms with Crippen molar-refractivity contribution < 1.29 is 14.3 Å². The van der Waals surface area contributed by atoms with Gasteiger partial charge in [-0.1, -0.05) is 0 Å². The number of rotatable bonds is 3. The van der Waals surface area contributed by atoms with Crippen LogP contribution < -0.4 is 5.32 Å². The number of hydrogen-bond acceptors (Lipinski definition) is 3. The number of carbonyl (C=O) groups is 1. The second kappa shape index (κ2) is 5.47. The van der Waals surface area contributed by atoms with Crippen LogP contribution in [0.5, 0.6) is 0 Å². The maximum Gasteiger partial charge on any atom is 0.409 e. The number of hydrogen-bond donors (Lipinski definition) is 1. The molecule has 1 saturated heterocycles. The molecule has 0 aromatic carbocycles. The monoisotopic (exact) mass is 199 g/mol. The van der Waals surface area contributed by atoms with Gasteiger partial charge in [0, 0.05) is 19.1 Å². The number of carbonyl (C=O) groups excluding carboxylic acids is 2. The van der Waals surface area contributed by atoms with Crippen LogP contribution in [0.3, 0.4) is 0 Å². The molecule has 0 saturated carbocycles. The van der Waals surface area contributed by atoms with Gasteiger partial charge in [-0.2, -0.15) is 0 Å². The summed E-state index contributed by atoms with van der Waals surface area (Å²) in [7, 11) is 0. The van der Waals surface area contributed by atoms with Gasteiger partial charge in [0.05, 0.1) is 6.61 Å². The maximum absolute atomic E-state index is 11.3. The highest BCUT2D eigenvalue weighted by atomic mass is 16.6. The van der Waals surface area contributed by atoms with Crippen LogP contribution in [0.15, 0.2) is 0 Å². The van der Waals surface area contributed by atoms with E-state index in [1.807, 2.05) is 0 Å². The summed E-state index contributed by atoms with van der Waals surface area (Å²) in [5.74, 6) is 0. The van der Waals surface area contributed by atoms with Crippen LogP contribution in [0.2, 0.25) is 0 Å². The zero-order chi connectivity index (χ0) is 10.4. The first-order valence-corrected chi connectivity index (χ1v) is 4.82. The first-order valence-electron chi connectivity index (χ1n) is 4.82. The minimum absolute atomic E-state index is 0.151. The van der Waals surface area contributed by atoms with Gasteiger partial charge in [0.1, 0.15) is 0 Å². The molecule has 1 heterocycles. The van der Waals surface area contributed by atoms with Crippen molar-refractivity contribution in [2.45, 2.75) is 25.8 Å². The van der Waals surface area contributed by atoms with Crippen molar-refractivity contribution in [3.63, 3.8) is 0 Å². The molecule has 1 N–H and O–H groups in total. The third kappa shape index (κ3) is 2.90. The van der Waals surface area contributed by atoms with E-state index in [4.69, 9.17) is 4.74 Å². The Hall–Kier alpha value is -1.26. The molecular formula is C9H15N2O3. The summed E-state index contributed by atoms with van der Waals surface area (Å²) in [5.41, 5.74) is 0. The fourth-order valence-electron chi connectivity index (χ4n) is 1.50. The van der Waals surface area contributed by atoms with Crippen LogP contribution in [0, 0.1) is 0 Å². The summed E-state index contributed by atoms with van der Waals surface area (Å²) in [5, 5.41) is 2.59. The van der Waals surface area contributed by atoms with Crippen molar-refractivity contribution in [3.8, 4) is 0 Å². The fourth-order valence-corrected chi connectivity index (χ4v) is 1.50. The molecule has 0 bridgehead atoms. The van der Waals surface area contributed by atoms with Crippen molar-refractivity contribution in [1.29, 1.82) is 0 Å². The molecule has 0 unspecified atom stereocenters. The summed E-state index contributed by atoms with van der Waals surface area (Å²) >= 11 is 0. The van der Waals surface area contributed by atoms with Crippen molar-refractivity contribution in [2.24, 2.45) is 0 Å². The normalized spacial score (nSPS) is 17.6. The molecular weight excluding hydrogens is 184 g/mol. The Morgan fingerprint density at radius 2 is 2.21 bits per heavy atom. The van der Waals surface area contributed by atoms with Gasteiger partial charge in [0.15, 0.2) is 0 Å². The molecule has 1 aliphatic rings. The van der Waals surface area contributed by atoms with Crippen LogP contribution in [-0.4, -0.2) is 43.1 Å². The number of nitrogens with one attached hydrogen (secondary N) is 1. The van der Waals surface area contributed by atoms with Gasteiger partial charge in [-0.3, -0.25) is 4.79 Å². The van der Waals surface area contributed by atoms with Crippen LogP contribution in [0.1, 0.15) is 19.8 Å². The van der Waals surface area contributed by atoms with E-state index in [-0.39, 0.29) is 12.1 Å². The molecule has 1 fully saturated rings. The molecule has 0 spiro atoms. The largest absolute Gasteiger partial charge is 0.450 e. The standard InChI is InChI=1S/C9H15N2O3/c1-2-14-9(13)11-5-3-8(4-6-11)10-7-12/h8H,2-6H2,1H3,(H,10,12). The van der Waals surface area contributed by atoms with Crippen LogP contribution in [-0.2, 0) is 9.53 Å². The highest BCUT2D eigenvalue weighted by Gasteiger charge is 2.22. The van der Waals surface area contributed by atoms with E-state index >= 15 is 0 Å². The molecule has 5 heteroatoms. The van der Waals surface area contributed by atoms with Crippen molar-refractivity contribution >= 4 is 12.5 Å². The Morgan fingerprint density at radius 3 is 2.71 bits per heavy atom. The SMILES string of the molecule is CCOC(=O)N1CCC(N[C]=O)CC1. The first kappa shape index (κ1) is 10.8. The Kier molecular flexibility index (Phi) is 4.22. The Labute approximate surface area is 83.4 Å². The first-order chi connectivity index (χ1) is 6.77. The van der Waals surface area contributed by atoms with E-state index < -0.39 is 0 Å².